The van der Waals surface area contributed by atoms with Gasteiger partial charge in [-0.3, -0.25) is 9.97 Å². The highest BCUT2D eigenvalue weighted by atomic mass is 15.2. The molecule has 3 heterocycles. The van der Waals surface area contributed by atoms with Crippen molar-refractivity contribution >= 4 is 5.82 Å². The van der Waals surface area contributed by atoms with E-state index in [1.807, 2.05) is 61.8 Å². The van der Waals surface area contributed by atoms with E-state index in [1.54, 1.807) is 18.6 Å². The molecule has 0 bridgehead atoms. The molecule has 5 heteroatoms. The lowest BCUT2D eigenvalue weighted by Crippen LogP contribution is -2.18. The highest BCUT2D eigenvalue weighted by Gasteiger charge is 2.12. The smallest absolute Gasteiger partial charge is 0.163 e. The number of pyridine rings is 2. The number of nitrogens with zero attached hydrogens (tertiary/aromatic N) is 5. The van der Waals surface area contributed by atoms with Gasteiger partial charge in [0.05, 0.1) is 5.69 Å². The second kappa shape index (κ2) is 7.74. The van der Waals surface area contributed by atoms with E-state index < -0.39 is 0 Å². The van der Waals surface area contributed by atoms with Crippen LogP contribution in [0.4, 0.5) is 5.82 Å². The summed E-state index contributed by atoms with van der Waals surface area (Å²) in [6.07, 6.45) is 7.10. The third kappa shape index (κ3) is 3.98. The Kier molecular flexibility index (Phi) is 4.83. The highest BCUT2D eigenvalue weighted by molar-refractivity contribution is 5.67. The minimum atomic E-state index is 0.652. The summed E-state index contributed by atoms with van der Waals surface area (Å²) in [5.41, 5.74) is 3.91. The van der Waals surface area contributed by atoms with E-state index in [4.69, 9.17) is 9.97 Å². The summed E-state index contributed by atoms with van der Waals surface area (Å²) in [7, 11) is 2.04. The van der Waals surface area contributed by atoms with Crippen molar-refractivity contribution in [1.82, 2.24) is 19.9 Å². The van der Waals surface area contributed by atoms with E-state index in [9.17, 15) is 0 Å². The molecule has 4 aromatic rings. The van der Waals surface area contributed by atoms with Crippen molar-refractivity contribution in [2.75, 3.05) is 11.9 Å². The zero-order chi connectivity index (χ0) is 18.5. The molecule has 0 spiro atoms. The fraction of sp³-hybridized carbons (Fsp3) is 0.0909. The lowest BCUT2D eigenvalue weighted by atomic mass is 10.1. The molecule has 0 saturated heterocycles. The summed E-state index contributed by atoms with van der Waals surface area (Å²) >= 11 is 0. The summed E-state index contributed by atoms with van der Waals surface area (Å²) in [6.45, 7) is 0.761. The molecule has 0 fully saturated rings. The Labute approximate surface area is 158 Å². The minimum absolute atomic E-state index is 0.652. The molecule has 5 nitrogen and oxygen atoms in total. The summed E-state index contributed by atoms with van der Waals surface area (Å²) in [5, 5.41) is 0. The molecular formula is C22H19N5. The first-order valence-corrected chi connectivity index (χ1v) is 8.74. The molecule has 0 saturated carbocycles. The van der Waals surface area contributed by atoms with Crippen molar-refractivity contribution in [3.63, 3.8) is 0 Å². The molecule has 0 atom stereocenters. The number of hydrogen-bond acceptors (Lipinski definition) is 5. The Morgan fingerprint density at radius 2 is 1.48 bits per heavy atom. The molecule has 0 unspecified atom stereocenters. The molecule has 0 radical (unpaired) electrons. The van der Waals surface area contributed by atoms with Gasteiger partial charge in [0, 0.05) is 55.6 Å². The zero-order valence-corrected chi connectivity index (χ0v) is 15.0. The number of anilines is 1. The standard InChI is InChI=1S/C22H19N5/c1-27(16-17-7-3-2-4-8-17)21-13-20(18-9-5-11-23-14-18)25-22(26-21)19-10-6-12-24-15-19/h2-15H,16H2,1H3. The number of aromatic nitrogens is 4. The second-order valence-electron chi connectivity index (χ2n) is 6.26. The topological polar surface area (TPSA) is 54.8 Å². The minimum Gasteiger partial charge on any atom is -0.355 e. The predicted octanol–water partition coefficient (Wildman–Crippen LogP) is 4.24. The molecule has 4 rings (SSSR count). The van der Waals surface area contributed by atoms with Crippen LogP contribution in [0.1, 0.15) is 5.56 Å². The largest absolute Gasteiger partial charge is 0.355 e. The molecule has 3 aromatic heterocycles. The fourth-order valence-corrected chi connectivity index (χ4v) is 2.85. The fourth-order valence-electron chi connectivity index (χ4n) is 2.85. The van der Waals surface area contributed by atoms with Crippen molar-refractivity contribution in [3.05, 3.63) is 91.0 Å². The van der Waals surface area contributed by atoms with Gasteiger partial charge in [0.1, 0.15) is 5.82 Å². The first kappa shape index (κ1) is 16.8. The van der Waals surface area contributed by atoms with Crippen LogP contribution in [0, 0.1) is 0 Å². The quantitative estimate of drug-likeness (QED) is 0.537. The van der Waals surface area contributed by atoms with E-state index in [1.165, 1.54) is 5.56 Å². The van der Waals surface area contributed by atoms with Gasteiger partial charge in [0.25, 0.3) is 0 Å². The monoisotopic (exact) mass is 353 g/mol. The Morgan fingerprint density at radius 1 is 0.778 bits per heavy atom. The van der Waals surface area contributed by atoms with E-state index in [0.717, 1.165) is 29.2 Å². The van der Waals surface area contributed by atoms with Crippen molar-refractivity contribution in [2.45, 2.75) is 6.54 Å². The van der Waals surface area contributed by atoms with Crippen LogP contribution in [-0.4, -0.2) is 27.0 Å². The SMILES string of the molecule is CN(Cc1ccccc1)c1cc(-c2cccnc2)nc(-c2cccnc2)n1. The van der Waals surface area contributed by atoms with Crippen LogP contribution in [0.5, 0.6) is 0 Å². The molecule has 0 amide bonds. The Morgan fingerprint density at radius 3 is 2.15 bits per heavy atom. The Hall–Kier alpha value is -3.60. The molecule has 27 heavy (non-hydrogen) atoms. The highest BCUT2D eigenvalue weighted by Crippen LogP contribution is 2.25. The second-order valence-corrected chi connectivity index (χ2v) is 6.26. The number of hydrogen-bond donors (Lipinski definition) is 0. The molecule has 0 aliphatic heterocycles. The van der Waals surface area contributed by atoms with Crippen molar-refractivity contribution in [2.24, 2.45) is 0 Å². The van der Waals surface area contributed by atoms with Crippen LogP contribution in [0.2, 0.25) is 0 Å². The maximum Gasteiger partial charge on any atom is 0.163 e. The van der Waals surface area contributed by atoms with Crippen LogP contribution < -0.4 is 4.90 Å². The molecule has 0 aliphatic carbocycles. The first-order valence-electron chi connectivity index (χ1n) is 8.74. The third-order valence-corrected chi connectivity index (χ3v) is 4.24. The van der Waals surface area contributed by atoms with Gasteiger partial charge in [-0.2, -0.15) is 0 Å². The van der Waals surface area contributed by atoms with Crippen LogP contribution in [-0.2, 0) is 6.54 Å². The van der Waals surface area contributed by atoms with Gasteiger partial charge in [0.2, 0.25) is 0 Å². The lowest BCUT2D eigenvalue weighted by molar-refractivity contribution is 0.893. The maximum atomic E-state index is 4.78. The van der Waals surface area contributed by atoms with Crippen molar-refractivity contribution < 1.29 is 0 Å². The van der Waals surface area contributed by atoms with Gasteiger partial charge in [0.15, 0.2) is 5.82 Å². The van der Waals surface area contributed by atoms with Gasteiger partial charge in [-0.1, -0.05) is 30.3 Å². The van der Waals surface area contributed by atoms with Gasteiger partial charge < -0.3 is 4.90 Å². The van der Waals surface area contributed by atoms with E-state index in [0.29, 0.717) is 5.82 Å². The van der Waals surface area contributed by atoms with Crippen LogP contribution in [0.15, 0.2) is 85.5 Å². The van der Waals surface area contributed by atoms with Crippen LogP contribution in [0.3, 0.4) is 0 Å². The van der Waals surface area contributed by atoms with Crippen molar-refractivity contribution in [3.8, 4) is 22.6 Å². The summed E-state index contributed by atoms with van der Waals surface area (Å²) < 4.78 is 0. The first-order chi connectivity index (χ1) is 13.3. The Balaban J connectivity index is 1.76. The van der Waals surface area contributed by atoms with Gasteiger partial charge >= 0.3 is 0 Å². The van der Waals surface area contributed by atoms with Crippen LogP contribution >= 0.6 is 0 Å². The van der Waals surface area contributed by atoms with Gasteiger partial charge in [-0.25, -0.2) is 9.97 Å². The van der Waals surface area contributed by atoms with E-state index in [2.05, 4.69) is 27.0 Å². The number of rotatable bonds is 5. The molecule has 0 N–H and O–H groups in total. The number of benzene rings is 1. The van der Waals surface area contributed by atoms with Gasteiger partial charge in [-0.15, -0.1) is 0 Å². The summed E-state index contributed by atoms with van der Waals surface area (Å²) in [6, 6.07) is 20.1. The molecular weight excluding hydrogens is 334 g/mol. The lowest BCUT2D eigenvalue weighted by Gasteiger charge is -2.20. The average molecular weight is 353 g/mol. The molecule has 0 aliphatic rings. The Bertz CT molecular complexity index is 947. The third-order valence-electron chi connectivity index (χ3n) is 4.24. The zero-order valence-electron chi connectivity index (χ0n) is 15.0. The molecule has 132 valence electrons. The van der Waals surface area contributed by atoms with Crippen LogP contribution in [0.25, 0.3) is 22.6 Å². The summed E-state index contributed by atoms with van der Waals surface area (Å²) in [5.74, 6) is 1.51. The van der Waals surface area contributed by atoms with Crippen molar-refractivity contribution in [1.29, 1.82) is 0 Å². The molecule has 1 aromatic carbocycles. The summed E-state index contributed by atoms with van der Waals surface area (Å²) in [4.78, 5) is 20.1. The maximum absolute atomic E-state index is 4.78. The van der Waals surface area contributed by atoms with Gasteiger partial charge in [-0.05, 0) is 29.8 Å². The average Bonchev–Trinajstić information content (AvgIpc) is 2.75. The van der Waals surface area contributed by atoms with E-state index >= 15 is 0 Å². The normalized spacial score (nSPS) is 10.6. The van der Waals surface area contributed by atoms with E-state index in [-0.39, 0.29) is 0 Å². The predicted molar refractivity (Wildman–Crippen MR) is 107 cm³/mol.